The molecule has 5 aromatic heterocycles. The number of benzene rings is 4. The maximum atomic E-state index is 13.0. The number of anilines is 1. The third-order valence-corrected chi connectivity index (χ3v) is 24.4. The number of nitrogens with one attached hydrogen (secondary N) is 6. The van der Waals surface area contributed by atoms with Crippen LogP contribution in [0.1, 0.15) is 150 Å². The summed E-state index contributed by atoms with van der Waals surface area (Å²) in [5.74, 6) is 19.4. The maximum Gasteiger partial charge on any atom is 0.418 e. The number of oxazole rings is 1. The van der Waals surface area contributed by atoms with Crippen molar-refractivity contribution >= 4 is 110 Å². The molecule has 37 nitrogen and oxygen atoms in total. The second-order valence-electron chi connectivity index (χ2n) is 32.5. The van der Waals surface area contributed by atoms with Gasteiger partial charge in [-0.3, -0.25) is 113 Å². The molecule has 4 atom stereocenters. The number of aromatic amines is 1. The zero-order chi connectivity index (χ0) is 95.0. The van der Waals surface area contributed by atoms with Crippen molar-refractivity contribution in [1.29, 1.82) is 0 Å². The molecule has 4 saturated heterocycles. The van der Waals surface area contributed by atoms with Gasteiger partial charge in [-0.2, -0.15) is 0 Å². The molecule has 12 amide bonds. The van der Waals surface area contributed by atoms with Crippen LogP contribution in [0.5, 0.6) is 23.0 Å². The van der Waals surface area contributed by atoms with Gasteiger partial charge in [-0.25, -0.2) is 18.2 Å². The van der Waals surface area contributed by atoms with E-state index in [2.05, 4.69) is 98.3 Å². The maximum absolute atomic E-state index is 13.0. The highest BCUT2D eigenvalue weighted by Gasteiger charge is 2.53. The number of H-pyrrole nitrogens is 1. The number of nitrogens with zero attached hydrogens (tertiary/aromatic N) is 8. The molecule has 0 aliphatic carbocycles. The molecule has 133 heavy (non-hydrogen) atoms. The molecule has 17 rings (SSSR count). The third kappa shape index (κ3) is 20.6. The van der Waals surface area contributed by atoms with Crippen molar-refractivity contribution < 1.29 is 104 Å². The van der Waals surface area contributed by atoms with Gasteiger partial charge < -0.3 is 47.7 Å². The number of rotatable bonds is 20. The average molecular weight is 1820 g/mol. The van der Waals surface area contributed by atoms with Gasteiger partial charge in [0.05, 0.1) is 84.3 Å². The van der Waals surface area contributed by atoms with Gasteiger partial charge in [0.25, 0.3) is 23.6 Å². The van der Waals surface area contributed by atoms with E-state index in [1.54, 1.807) is 99.8 Å². The Kier molecular flexibility index (Phi) is 26.8. The van der Waals surface area contributed by atoms with Crippen LogP contribution in [0.2, 0.25) is 0 Å². The van der Waals surface area contributed by atoms with E-state index in [0.29, 0.717) is 98.3 Å². The van der Waals surface area contributed by atoms with Crippen molar-refractivity contribution in [3.05, 3.63) is 229 Å². The van der Waals surface area contributed by atoms with Crippen LogP contribution in [-0.4, -0.2) is 202 Å². The standard InChI is InChI=1S/C25H23N3O6.C24H24N4O6S.C24H21N3O5.C22H16N4O6/c1-3-34-22(30)9-17-8-16(12-26-13-17)6-7-25(11-21(29)27-24(25)32)15-28-14-18-4-5-19(33-2)10-20(18)23(28)31;1-15(2)35(32,33)27-18-8-16(11-25-12-18)6-7-24(10-21(29)26-23(24)31)14-28-13-17-4-5-19(34-3)9-20(17)22(28)30;1-15(28)7-17-8-16(11-25-12-17)5-6-24(10-21(29)26-23(24)31)14-27-13-18-3-4-19(32-2)9-20(18)22(27)30;1-31-14-3-2-13-10-26(19(28)15(13)7-14)11-22(8-17(27)24-20(22)29)5-4-12-6-16-18(23-9-12)25-21(30)32-16/h4-5,8,10,12-13H,3,9,11,14-15H2,1-2H3,(H,27,29,32);4-5,8-9,11-12,15,27H,10,13-14H2,1-3H3,(H,26,29,31);3-4,8-9,11-12H,7,10,13-14H2,1-2H3,(H,26,29,31);2-3,6-7,9H,8,10-11H2,1H3,(H,23,25,30)(H,24,27,29)/t25-;2*24-;22-/m1111/s1. The number of carbonyl (C=O) groups excluding carboxylic acids is 14. The molecule has 38 heteroatoms. The van der Waals surface area contributed by atoms with Crippen LogP contribution in [0, 0.1) is 69.0 Å². The topological polar surface area (TPSA) is 490 Å². The summed E-state index contributed by atoms with van der Waals surface area (Å²) in [6, 6.07) is 27.3. The quantitative estimate of drug-likeness (QED) is 0.0351. The normalized spacial score (nSPS) is 19.3. The van der Waals surface area contributed by atoms with Gasteiger partial charge in [0, 0.05) is 147 Å². The minimum Gasteiger partial charge on any atom is -0.497 e. The highest BCUT2D eigenvalue weighted by atomic mass is 32.2. The molecule has 6 N–H and O–H groups in total. The zero-order valence-electron chi connectivity index (χ0n) is 72.8. The van der Waals surface area contributed by atoms with Crippen molar-refractivity contribution in [1.82, 2.24) is 65.8 Å². The molecule has 9 aromatic rings. The molecule has 0 radical (unpaired) electrons. The number of Topliss-reactive ketones (excluding diaryl/α,β-unsaturated/α-hetero) is 1. The van der Waals surface area contributed by atoms with Gasteiger partial charge in [-0.15, -0.1) is 0 Å². The van der Waals surface area contributed by atoms with E-state index >= 15 is 0 Å². The molecule has 0 saturated carbocycles. The van der Waals surface area contributed by atoms with Gasteiger partial charge in [0.1, 0.15) is 50.4 Å². The number of aromatic nitrogens is 5. The minimum absolute atomic E-state index is 0.00195. The fourth-order valence-corrected chi connectivity index (χ4v) is 16.5. The fourth-order valence-electron chi connectivity index (χ4n) is 15.8. The van der Waals surface area contributed by atoms with E-state index in [4.69, 9.17) is 28.1 Å². The second-order valence-corrected chi connectivity index (χ2v) is 34.8. The number of pyridine rings is 4. The largest absolute Gasteiger partial charge is 0.497 e. The number of ether oxygens (including phenoxy) is 5. The van der Waals surface area contributed by atoms with Crippen molar-refractivity contribution in [2.24, 2.45) is 21.7 Å². The molecule has 0 spiro atoms. The molecule has 4 aromatic carbocycles. The van der Waals surface area contributed by atoms with Crippen LogP contribution in [0.25, 0.3) is 11.2 Å². The van der Waals surface area contributed by atoms with Crippen molar-refractivity contribution in [3.8, 4) is 70.4 Å². The van der Waals surface area contributed by atoms with E-state index in [1.807, 2.05) is 12.1 Å². The Hall–Kier alpha value is -16.5. The predicted octanol–water partition coefficient (Wildman–Crippen LogP) is 4.34. The second kappa shape index (κ2) is 38.4. The van der Waals surface area contributed by atoms with Crippen molar-refractivity contribution in [3.63, 3.8) is 0 Å². The van der Waals surface area contributed by atoms with E-state index in [0.717, 1.165) is 22.3 Å². The molecule has 0 bridgehead atoms. The SMILES string of the molecule is CCOC(=O)Cc1cncc(C#C[C@]2(CN3Cc4ccc(OC)cc4C3=O)CC(=O)NC2=O)c1.COc1ccc2c(c1)C(=O)N(C[C@@]1(C#Cc3cnc4[nH]c(=O)oc4c3)CC(=O)NC1=O)C2.COc1ccc2c(c1)C(=O)N(C[C@@]1(C#Cc3cncc(CC(C)=O)c3)CC(=O)NC1=O)C2.COc1ccc2c(c1)C(=O)N(C[C@@]1(C#Cc3cncc(NS(=O)(=O)C(C)C)c3)CC(=O)NC1=O)C2. The lowest BCUT2D eigenvalue weighted by atomic mass is 9.85. The number of hydrogen-bond acceptors (Lipinski definition) is 27. The first kappa shape index (κ1) is 92.7. The highest BCUT2D eigenvalue weighted by Crippen LogP contribution is 2.40. The first-order valence-corrected chi connectivity index (χ1v) is 42.9. The van der Waals surface area contributed by atoms with E-state index in [1.165, 1.54) is 104 Å². The summed E-state index contributed by atoms with van der Waals surface area (Å²) in [5.41, 5.74) is 3.41. The molecule has 0 unspecified atom stereocenters. The van der Waals surface area contributed by atoms with Gasteiger partial charge in [-0.05, 0) is 128 Å². The Labute approximate surface area is 759 Å². The predicted molar refractivity (Wildman–Crippen MR) is 469 cm³/mol. The number of methoxy groups -OCH3 is 4. The Morgan fingerprint density at radius 2 is 0.782 bits per heavy atom. The monoisotopic (exact) mass is 1820 g/mol. The van der Waals surface area contributed by atoms with Gasteiger partial charge in [0.15, 0.2) is 11.2 Å². The molecule has 8 aliphatic heterocycles. The van der Waals surface area contributed by atoms with Crippen molar-refractivity contribution in [2.75, 3.05) is 65.9 Å². The smallest absolute Gasteiger partial charge is 0.418 e. The van der Waals surface area contributed by atoms with E-state index in [9.17, 15) is 80.3 Å². The summed E-state index contributed by atoms with van der Waals surface area (Å²) in [4.78, 5) is 211. The number of ketones is 1. The summed E-state index contributed by atoms with van der Waals surface area (Å²) in [7, 11) is 2.49. The summed E-state index contributed by atoms with van der Waals surface area (Å²) in [5, 5.41) is 8.54. The number of esters is 1. The fraction of sp³-hybridized carbons (Fsp3) is 0.295. The average Bonchev–Trinajstić information content (AvgIpc) is 1.63. The molecular weight excluding hydrogens is 1740 g/mol. The highest BCUT2D eigenvalue weighted by molar-refractivity contribution is 7.93. The molecule has 4 fully saturated rings. The lowest BCUT2D eigenvalue weighted by Crippen LogP contribution is -2.42. The molecule has 8 aliphatic rings. The summed E-state index contributed by atoms with van der Waals surface area (Å²) < 4.78 is 57.5. The van der Waals surface area contributed by atoms with Crippen LogP contribution in [0.15, 0.2) is 150 Å². The van der Waals surface area contributed by atoms with E-state index in [-0.39, 0.29) is 130 Å². The lowest BCUT2D eigenvalue weighted by Gasteiger charge is -2.25. The van der Waals surface area contributed by atoms with Crippen LogP contribution < -0.4 is 50.7 Å². The Bertz CT molecular complexity index is 6900. The number of hydrogen-bond donors (Lipinski definition) is 6. The Morgan fingerprint density at radius 1 is 0.451 bits per heavy atom. The van der Waals surface area contributed by atoms with Crippen LogP contribution in [-0.2, 0) is 102 Å². The lowest BCUT2D eigenvalue weighted by molar-refractivity contribution is -0.142. The van der Waals surface area contributed by atoms with Gasteiger partial charge in [-0.1, -0.05) is 71.6 Å². The zero-order valence-corrected chi connectivity index (χ0v) is 73.7. The van der Waals surface area contributed by atoms with Gasteiger partial charge in [0.2, 0.25) is 57.3 Å². The molecular formula is C95H84N14O23S. The van der Waals surface area contributed by atoms with Crippen LogP contribution in [0.4, 0.5) is 5.69 Å². The molecule has 678 valence electrons. The van der Waals surface area contributed by atoms with Gasteiger partial charge >= 0.3 is 11.7 Å². The van der Waals surface area contributed by atoms with Crippen LogP contribution in [0.3, 0.4) is 0 Å². The number of imide groups is 4. The minimum atomic E-state index is -3.58. The number of amides is 12. The first-order chi connectivity index (χ1) is 63.5. The first-order valence-electron chi connectivity index (χ1n) is 41.4. The molecule has 13 heterocycles. The van der Waals surface area contributed by atoms with Crippen molar-refractivity contribution in [2.45, 2.75) is 97.6 Å². The third-order valence-electron chi connectivity index (χ3n) is 22.6. The Balaban J connectivity index is 0.000000143. The van der Waals surface area contributed by atoms with Crippen LogP contribution >= 0.6 is 0 Å². The number of sulfonamides is 1. The number of fused-ring (bicyclic) bond motifs is 5. The summed E-state index contributed by atoms with van der Waals surface area (Å²) in [6.45, 7) is 7.60. The van der Waals surface area contributed by atoms with E-state index < -0.39 is 89.9 Å². The number of carbonyl (C=O) groups is 14. The summed E-state index contributed by atoms with van der Waals surface area (Å²) in [6.07, 6.45) is 9.98. The Morgan fingerprint density at radius 3 is 1.10 bits per heavy atom. The summed E-state index contributed by atoms with van der Waals surface area (Å²) >= 11 is 0.